The van der Waals surface area contributed by atoms with Crippen LogP contribution < -0.4 is 10.2 Å². The lowest BCUT2D eigenvalue weighted by atomic mass is 10.2. The van der Waals surface area contributed by atoms with Gasteiger partial charge in [-0.3, -0.25) is 9.59 Å². The second kappa shape index (κ2) is 6.05. The highest BCUT2D eigenvalue weighted by molar-refractivity contribution is 6.03. The first kappa shape index (κ1) is 15.4. The monoisotopic (exact) mass is 334 g/mol. The van der Waals surface area contributed by atoms with Crippen LogP contribution >= 0.6 is 0 Å². The molecular weight excluding hydrogens is 316 g/mol. The molecule has 1 saturated heterocycles. The average Bonchev–Trinajstić information content (AvgIpc) is 3.23. The Morgan fingerprint density at radius 3 is 2.64 bits per heavy atom. The SMILES string of the molecule is Cc1cccc2nc(C(=O)Nc3ccc(N4CCCC4=O)cc3)cn12. The van der Waals surface area contributed by atoms with Crippen LogP contribution in [-0.2, 0) is 4.79 Å². The van der Waals surface area contributed by atoms with E-state index in [0.717, 1.165) is 30.0 Å². The molecule has 0 bridgehead atoms. The lowest BCUT2D eigenvalue weighted by Crippen LogP contribution is -2.23. The zero-order chi connectivity index (χ0) is 17.4. The molecule has 0 saturated carbocycles. The fourth-order valence-corrected chi connectivity index (χ4v) is 3.10. The largest absolute Gasteiger partial charge is 0.321 e. The van der Waals surface area contributed by atoms with Crippen LogP contribution in [0.25, 0.3) is 5.65 Å². The molecule has 1 aromatic carbocycles. The Balaban J connectivity index is 1.52. The summed E-state index contributed by atoms with van der Waals surface area (Å²) < 4.78 is 1.89. The minimum absolute atomic E-state index is 0.150. The molecule has 1 aliphatic heterocycles. The Hall–Kier alpha value is -3.15. The smallest absolute Gasteiger partial charge is 0.275 e. The van der Waals surface area contributed by atoms with Crippen LogP contribution in [0.15, 0.2) is 48.7 Å². The van der Waals surface area contributed by atoms with Crippen molar-refractivity contribution in [1.29, 1.82) is 0 Å². The van der Waals surface area contributed by atoms with E-state index in [2.05, 4.69) is 10.3 Å². The molecule has 0 radical (unpaired) electrons. The molecule has 1 aliphatic rings. The third-order valence-corrected chi connectivity index (χ3v) is 4.44. The number of aromatic nitrogens is 2. The predicted octanol–water partition coefficient (Wildman–Crippen LogP) is 3.02. The van der Waals surface area contributed by atoms with Gasteiger partial charge in [0.1, 0.15) is 11.3 Å². The van der Waals surface area contributed by atoms with E-state index in [1.54, 1.807) is 23.2 Å². The van der Waals surface area contributed by atoms with Crippen molar-refractivity contribution >= 4 is 28.8 Å². The lowest BCUT2D eigenvalue weighted by Gasteiger charge is -2.15. The number of pyridine rings is 1. The summed E-state index contributed by atoms with van der Waals surface area (Å²) in [5.41, 5.74) is 3.67. The quantitative estimate of drug-likeness (QED) is 0.800. The number of aryl methyl sites for hydroxylation is 1. The zero-order valence-corrected chi connectivity index (χ0v) is 13.9. The molecule has 4 rings (SSSR count). The lowest BCUT2D eigenvalue weighted by molar-refractivity contribution is -0.117. The topological polar surface area (TPSA) is 66.7 Å². The maximum absolute atomic E-state index is 12.4. The number of rotatable bonds is 3. The van der Waals surface area contributed by atoms with Crippen molar-refractivity contribution in [2.45, 2.75) is 19.8 Å². The molecule has 0 unspecified atom stereocenters. The van der Waals surface area contributed by atoms with E-state index < -0.39 is 0 Å². The summed E-state index contributed by atoms with van der Waals surface area (Å²) in [6, 6.07) is 13.1. The number of benzene rings is 1. The van der Waals surface area contributed by atoms with E-state index in [4.69, 9.17) is 0 Å². The second-order valence-electron chi connectivity index (χ2n) is 6.17. The Kier molecular flexibility index (Phi) is 3.72. The molecule has 0 aliphatic carbocycles. The van der Waals surface area contributed by atoms with Gasteiger partial charge in [-0.1, -0.05) is 6.07 Å². The van der Waals surface area contributed by atoms with Gasteiger partial charge in [0, 0.05) is 36.2 Å². The van der Waals surface area contributed by atoms with Crippen molar-refractivity contribution < 1.29 is 9.59 Å². The molecule has 1 N–H and O–H groups in total. The van der Waals surface area contributed by atoms with Crippen LogP contribution in [-0.4, -0.2) is 27.7 Å². The molecule has 0 spiro atoms. The van der Waals surface area contributed by atoms with E-state index in [1.807, 2.05) is 41.7 Å². The predicted molar refractivity (Wildman–Crippen MR) is 95.9 cm³/mol. The van der Waals surface area contributed by atoms with Gasteiger partial charge in [0.05, 0.1) is 0 Å². The normalized spacial score (nSPS) is 14.3. The summed E-state index contributed by atoms with van der Waals surface area (Å²) in [6.07, 6.45) is 3.23. The van der Waals surface area contributed by atoms with Crippen molar-refractivity contribution in [1.82, 2.24) is 9.38 Å². The highest BCUT2D eigenvalue weighted by Gasteiger charge is 2.21. The minimum atomic E-state index is -0.256. The summed E-state index contributed by atoms with van der Waals surface area (Å²) >= 11 is 0. The number of nitrogens with zero attached hydrogens (tertiary/aromatic N) is 3. The number of nitrogens with one attached hydrogen (secondary N) is 1. The van der Waals surface area contributed by atoms with Gasteiger partial charge in [0.2, 0.25) is 5.91 Å². The minimum Gasteiger partial charge on any atom is -0.321 e. The molecule has 3 aromatic rings. The fourth-order valence-electron chi connectivity index (χ4n) is 3.10. The third kappa shape index (κ3) is 2.87. The third-order valence-electron chi connectivity index (χ3n) is 4.44. The zero-order valence-electron chi connectivity index (χ0n) is 13.9. The highest BCUT2D eigenvalue weighted by atomic mass is 16.2. The molecule has 6 heteroatoms. The number of anilines is 2. The molecule has 6 nitrogen and oxygen atoms in total. The summed E-state index contributed by atoms with van der Waals surface area (Å²) in [7, 11) is 0. The van der Waals surface area contributed by atoms with Gasteiger partial charge in [-0.15, -0.1) is 0 Å². The van der Waals surface area contributed by atoms with Crippen LogP contribution in [0.4, 0.5) is 11.4 Å². The Bertz CT molecular complexity index is 959. The van der Waals surface area contributed by atoms with Gasteiger partial charge in [0.15, 0.2) is 0 Å². The molecule has 2 amide bonds. The number of imidazole rings is 1. The van der Waals surface area contributed by atoms with Gasteiger partial charge in [-0.2, -0.15) is 0 Å². The highest BCUT2D eigenvalue weighted by Crippen LogP contribution is 2.23. The van der Waals surface area contributed by atoms with Gasteiger partial charge in [-0.25, -0.2) is 4.98 Å². The Labute approximate surface area is 145 Å². The molecule has 1 fully saturated rings. The number of fused-ring (bicyclic) bond motifs is 1. The first-order valence-corrected chi connectivity index (χ1v) is 8.28. The van der Waals surface area contributed by atoms with Crippen LogP contribution in [0, 0.1) is 6.92 Å². The maximum atomic E-state index is 12.4. The second-order valence-corrected chi connectivity index (χ2v) is 6.17. The van der Waals surface area contributed by atoms with E-state index in [-0.39, 0.29) is 11.8 Å². The fraction of sp³-hybridized carbons (Fsp3) is 0.211. The van der Waals surface area contributed by atoms with Crippen molar-refractivity contribution in [3.8, 4) is 0 Å². The molecule has 126 valence electrons. The molecule has 3 heterocycles. The number of carbonyl (C=O) groups excluding carboxylic acids is 2. The average molecular weight is 334 g/mol. The van der Waals surface area contributed by atoms with E-state index in [0.29, 0.717) is 17.8 Å². The number of hydrogen-bond acceptors (Lipinski definition) is 3. The van der Waals surface area contributed by atoms with Gasteiger partial charge in [0.25, 0.3) is 5.91 Å². The first-order chi connectivity index (χ1) is 12.1. The molecule has 25 heavy (non-hydrogen) atoms. The van der Waals surface area contributed by atoms with Crippen LogP contribution in [0.1, 0.15) is 29.0 Å². The standard InChI is InChI=1S/C19H18N4O2/c1-13-4-2-5-17-21-16(12-23(13)17)19(25)20-14-7-9-15(10-8-14)22-11-3-6-18(22)24/h2,4-5,7-10,12H,3,6,11H2,1H3,(H,20,25). The van der Waals surface area contributed by atoms with E-state index in [9.17, 15) is 9.59 Å². The van der Waals surface area contributed by atoms with Crippen molar-refractivity contribution in [2.75, 3.05) is 16.8 Å². The van der Waals surface area contributed by atoms with Crippen molar-refractivity contribution in [3.63, 3.8) is 0 Å². The molecule has 2 aromatic heterocycles. The van der Waals surface area contributed by atoms with Gasteiger partial charge in [-0.05, 0) is 49.7 Å². The number of carbonyl (C=O) groups is 2. The Morgan fingerprint density at radius 1 is 1.16 bits per heavy atom. The van der Waals surface area contributed by atoms with Crippen LogP contribution in [0.2, 0.25) is 0 Å². The van der Waals surface area contributed by atoms with Crippen molar-refractivity contribution in [3.05, 3.63) is 60.0 Å². The van der Waals surface area contributed by atoms with Crippen LogP contribution in [0.5, 0.6) is 0 Å². The van der Waals surface area contributed by atoms with Crippen LogP contribution in [0.3, 0.4) is 0 Å². The summed E-state index contributed by atoms with van der Waals surface area (Å²) in [5.74, 6) is -0.107. The number of amides is 2. The first-order valence-electron chi connectivity index (χ1n) is 8.28. The Morgan fingerprint density at radius 2 is 1.96 bits per heavy atom. The van der Waals surface area contributed by atoms with Gasteiger partial charge >= 0.3 is 0 Å². The van der Waals surface area contributed by atoms with E-state index in [1.165, 1.54) is 0 Å². The summed E-state index contributed by atoms with van der Waals surface area (Å²) in [5, 5.41) is 2.85. The summed E-state index contributed by atoms with van der Waals surface area (Å²) in [4.78, 5) is 30.3. The van der Waals surface area contributed by atoms with Crippen molar-refractivity contribution in [2.24, 2.45) is 0 Å². The molecule has 0 atom stereocenters. The molecular formula is C19H18N4O2. The van der Waals surface area contributed by atoms with Gasteiger partial charge < -0.3 is 14.6 Å². The maximum Gasteiger partial charge on any atom is 0.275 e. The van der Waals surface area contributed by atoms with E-state index >= 15 is 0 Å². The number of hydrogen-bond donors (Lipinski definition) is 1. The summed E-state index contributed by atoms with van der Waals surface area (Å²) in [6.45, 7) is 2.72.